The van der Waals surface area contributed by atoms with Crippen LogP contribution in [0.3, 0.4) is 0 Å². The Kier molecular flexibility index (Phi) is 6.10. The lowest BCUT2D eigenvalue weighted by Gasteiger charge is -2.10. The van der Waals surface area contributed by atoms with Crippen molar-refractivity contribution >= 4 is 45.7 Å². The number of carbonyl (C=O) groups is 2. The first-order valence-electron chi connectivity index (χ1n) is 8.37. The van der Waals surface area contributed by atoms with Crippen molar-refractivity contribution in [3.63, 3.8) is 0 Å². The number of anilines is 2. The van der Waals surface area contributed by atoms with Crippen molar-refractivity contribution in [1.82, 2.24) is 15.5 Å². The third kappa shape index (κ3) is 5.43. The van der Waals surface area contributed by atoms with Crippen LogP contribution in [0.1, 0.15) is 24.0 Å². The summed E-state index contributed by atoms with van der Waals surface area (Å²) in [5.74, 6) is -0.253. The Bertz CT molecular complexity index is 804. The first-order chi connectivity index (χ1) is 12.5. The van der Waals surface area contributed by atoms with Gasteiger partial charge in [-0.05, 0) is 43.9 Å². The van der Waals surface area contributed by atoms with Gasteiger partial charge in [-0.15, -0.1) is 10.2 Å². The molecule has 9 heteroatoms. The molecule has 0 aliphatic heterocycles. The molecule has 1 aliphatic carbocycles. The summed E-state index contributed by atoms with van der Waals surface area (Å²) in [7, 11) is 0. The van der Waals surface area contributed by atoms with Gasteiger partial charge in [-0.3, -0.25) is 9.59 Å². The van der Waals surface area contributed by atoms with Crippen LogP contribution in [-0.2, 0) is 9.59 Å². The molecule has 138 valence electrons. The number of benzene rings is 1. The molecule has 0 saturated heterocycles. The van der Waals surface area contributed by atoms with Gasteiger partial charge in [0, 0.05) is 11.7 Å². The number of rotatable bonds is 8. The zero-order chi connectivity index (χ0) is 18.5. The number of hydrogen-bond donors (Lipinski definition) is 3. The molecule has 1 saturated carbocycles. The number of hydrogen-bond acceptors (Lipinski definition) is 7. The Hall–Kier alpha value is -2.13. The Morgan fingerprint density at radius 1 is 1.23 bits per heavy atom. The summed E-state index contributed by atoms with van der Waals surface area (Å²) in [5, 5.41) is 17.6. The molecular weight excluding hydrogens is 370 g/mol. The number of aryl methyl sites for hydroxylation is 1. The standard InChI is InChI=1S/C17H21N5O2S2/c1-10-4-3-5-13(11(10)2)20-14(23)8-18-15(24)9-25-17-22-21-16(26-17)19-12-6-7-12/h3-5,12H,6-9H2,1-2H3,(H,18,24)(H,19,21)(H,20,23). The summed E-state index contributed by atoms with van der Waals surface area (Å²) < 4.78 is 0.739. The van der Waals surface area contributed by atoms with Crippen LogP contribution < -0.4 is 16.0 Å². The maximum atomic E-state index is 12.0. The SMILES string of the molecule is Cc1cccc(NC(=O)CNC(=O)CSc2nnc(NC3CC3)s2)c1C. The van der Waals surface area contributed by atoms with Crippen LogP contribution in [0.15, 0.2) is 22.5 Å². The molecule has 1 heterocycles. The van der Waals surface area contributed by atoms with Gasteiger partial charge in [0.15, 0.2) is 4.34 Å². The summed E-state index contributed by atoms with van der Waals surface area (Å²) in [6.07, 6.45) is 2.35. The zero-order valence-electron chi connectivity index (χ0n) is 14.7. The van der Waals surface area contributed by atoms with Crippen LogP contribution in [-0.4, -0.2) is 40.4 Å². The van der Waals surface area contributed by atoms with Crippen molar-refractivity contribution in [2.75, 3.05) is 22.9 Å². The van der Waals surface area contributed by atoms with Crippen molar-refractivity contribution in [2.24, 2.45) is 0 Å². The van der Waals surface area contributed by atoms with E-state index in [1.54, 1.807) is 0 Å². The fourth-order valence-electron chi connectivity index (χ4n) is 2.17. The number of nitrogens with one attached hydrogen (secondary N) is 3. The van der Waals surface area contributed by atoms with Gasteiger partial charge < -0.3 is 16.0 Å². The van der Waals surface area contributed by atoms with Crippen molar-refractivity contribution in [3.05, 3.63) is 29.3 Å². The van der Waals surface area contributed by atoms with Gasteiger partial charge in [0.2, 0.25) is 16.9 Å². The smallest absolute Gasteiger partial charge is 0.243 e. The molecule has 0 radical (unpaired) electrons. The topological polar surface area (TPSA) is 96.0 Å². The van der Waals surface area contributed by atoms with Crippen LogP contribution in [0, 0.1) is 13.8 Å². The second kappa shape index (κ2) is 8.50. The number of carbonyl (C=O) groups excluding carboxylic acids is 2. The molecule has 1 aromatic carbocycles. The predicted molar refractivity (Wildman–Crippen MR) is 105 cm³/mol. The van der Waals surface area contributed by atoms with Crippen LogP contribution in [0.2, 0.25) is 0 Å². The van der Waals surface area contributed by atoms with E-state index >= 15 is 0 Å². The molecule has 2 amide bonds. The van der Waals surface area contributed by atoms with E-state index in [1.165, 1.54) is 35.9 Å². The lowest BCUT2D eigenvalue weighted by molar-refractivity contribution is -0.122. The minimum atomic E-state index is -0.246. The quantitative estimate of drug-likeness (QED) is 0.599. The number of thioether (sulfide) groups is 1. The van der Waals surface area contributed by atoms with Gasteiger partial charge in [0.05, 0.1) is 12.3 Å². The fraction of sp³-hybridized carbons (Fsp3) is 0.412. The fourth-order valence-corrected chi connectivity index (χ4v) is 3.83. The molecule has 7 nitrogen and oxygen atoms in total. The molecule has 1 fully saturated rings. The minimum Gasteiger partial charge on any atom is -0.357 e. The third-order valence-corrected chi connectivity index (χ3v) is 5.95. The van der Waals surface area contributed by atoms with Crippen LogP contribution in [0.25, 0.3) is 0 Å². The van der Waals surface area contributed by atoms with E-state index in [0.717, 1.165) is 26.3 Å². The molecule has 2 aromatic rings. The molecule has 0 atom stereocenters. The molecule has 26 heavy (non-hydrogen) atoms. The first kappa shape index (κ1) is 18.7. The number of aromatic nitrogens is 2. The molecule has 1 aromatic heterocycles. The highest BCUT2D eigenvalue weighted by molar-refractivity contribution is 8.01. The van der Waals surface area contributed by atoms with Gasteiger partial charge in [0.1, 0.15) is 0 Å². The second-order valence-corrected chi connectivity index (χ2v) is 8.35. The van der Waals surface area contributed by atoms with Crippen molar-refractivity contribution < 1.29 is 9.59 Å². The lowest BCUT2D eigenvalue weighted by atomic mass is 10.1. The highest BCUT2D eigenvalue weighted by Gasteiger charge is 2.22. The minimum absolute atomic E-state index is 0.0582. The summed E-state index contributed by atoms with van der Waals surface area (Å²) in [6, 6.07) is 6.25. The van der Waals surface area contributed by atoms with Gasteiger partial charge in [0.25, 0.3) is 0 Å². The van der Waals surface area contributed by atoms with E-state index < -0.39 is 0 Å². The van der Waals surface area contributed by atoms with Gasteiger partial charge in [-0.1, -0.05) is 35.2 Å². The van der Waals surface area contributed by atoms with Crippen LogP contribution in [0.5, 0.6) is 0 Å². The monoisotopic (exact) mass is 391 g/mol. The Labute approximate surface area is 160 Å². The highest BCUT2D eigenvalue weighted by Crippen LogP contribution is 2.30. The van der Waals surface area contributed by atoms with Crippen LogP contribution >= 0.6 is 23.1 Å². The lowest BCUT2D eigenvalue weighted by Crippen LogP contribution is -2.34. The molecule has 1 aliphatic rings. The highest BCUT2D eigenvalue weighted by atomic mass is 32.2. The Balaban J connectivity index is 1.38. The van der Waals surface area contributed by atoms with Gasteiger partial charge in [-0.25, -0.2) is 0 Å². The van der Waals surface area contributed by atoms with E-state index in [1.807, 2.05) is 32.0 Å². The summed E-state index contributed by atoms with van der Waals surface area (Å²) in [5.41, 5.74) is 2.90. The van der Waals surface area contributed by atoms with Crippen LogP contribution in [0.4, 0.5) is 10.8 Å². The second-order valence-electron chi connectivity index (χ2n) is 6.15. The Morgan fingerprint density at radius 3 is 2.81 bits per heavy atom. The first-order valence-corrected chi connectivity index (χ1v) is 10.2. The number of nitrogens with zero attached hydrogens (tertiary/aromatic N) is 2. The normalized spacial score (nSPS) is 13.3. The molecule has 0 spiro atoms. The van der Waals surface area contributed by atoms with Crippen molar-refractivity contribution in [3.8, 4) is 0 Å². The van der Waals surface area contributed by atoms with Gasteiger partial charge >= 0.3 is 0 Å². The summed E-state index contributed by atoms with van der Waals surface area (Å²) >= 11 is 2.76. The van der Waals surface area contributed by atoms with E-state index in [9.17, 15) is 9.59 Å². The summed E-state index contributed by atoms with van der Waals surface area (Å²) in [4.78, 5) is 23.9. The average Bonchev–Trinajstić information content (AvgIpc) is 3.31. The molecule has 0 bridgehead atoms. The summed E-state index contributed by atoms with van der Waals surface area (Å²) in [6.45, 7) is 3.88. The number of amides is 2. The molecule has 3 N–H and O–H groups in total. The van der Waals surface area contributed by atoms with E-state index in [-0.39, 0.29) is 24.1 Å². The van der Waals surface area contributed by atoms with E-state index in [0.29, 0.717) is 6.04 Å². The van der Waals surface area contributed by atoms with Gasteiger partial charge in [-0.2, -0.15) is 0 Å². The van der Waals surface area contributed by atoms with E-state index in [2.05, 4.69) is 26.1 Å². The maximum Gasteiger partial charge on any atom is 0.243 e. The Morgan fingerprint density at radius 2 is 2.04 bits per heavy atom. The van der Waals surface area contributed by atoms with Crippen molar-refractivity contribution in [2.45, 2.75) is 37.1 Å². The largest absolute Gasteiger partial charge is 0.357 e. The van der Waals surface area contributed by atoms with E-state index in [4.69, 9.17) is 0 Å². The molecule has 0 unspecified atom stereocenters. The maximum absolute atomic E-state index is 12.0. The molecular formula is C17H21N5O2S2. The average molecular weight is 392 g/mol. The molecule has 3 rings (SSSR count). The zero-order valence-corrected chi connectivity index (χ0v) is 16.3. The third-order valence-electron chi connectivity index (χ3n) is 3.96. The van der Waals surface area contributed by atoms with Crippen molar-refractivity contribution in [1.29, 1.82) is 0 Å². The predicted octanol–water partition coefficient (Wildman–Crippen LogP) is 2.58.